The van der Waals surface area contributed by atoms with Crippen molar-refractivity contribution in [2.75, 3.05) is 19.8 Å². The monoisotopic (exact) mass is 273 g/mol. The molecule has 2 fully saturated rings. The van der Waals surface area contributed by atoms with Gasteiger partial charge >= 0.3 is 0 Å². The number of rotatable bonds is 5. The second-order valence-corrected chi connectivity index (χ2v) is 6.24. The molecule has 1 aliphatic carbocycles. The van der Waals surface area contributed by atoms with Crippen molar-refractivity contribution in [3.8, 4) is 0 Å². The number of hydrogen-bond acceptors (Lipinski definition) is 5. The SMILES string of the molecule is Clc1snnc1CN(CC1CCOC1)C1CC1. The van der Waals surface area contributed by atoms with E-state index in [0.29, 0.717) is 5.92 Å². The average Bonchev–Trinajstić information content (AvgIpc) is 2.91. The molecule has 0 radical (unpaired) electrons. The van der Waals surface area contributed by atoms with Crippen molar-refractivity contribution in [1.82, 2.24) is 14.5 Å². The molecule has 1 atom stereocenters. The number of ether oxygens (including phenoxy) is 1. The van der Waals surface area contributed by atoms with Crippen LogP contribution in [0.4, 0.5) is 0 Å². The van der Waals surface area contributed by atoms with Crippen LogP contribution in [0.25, 0.3) is 0 Å². The van der Waals surface area contributed by atoms with Crippen molar-refractivity contribution in [1.29, 1.82) is 0 Å². The van der Waals surface area contributed by atoms with Crippen LogP contribution in [0.15, 0.2) is 0 Å². The van der Waals surface area contributed by atoms with Crippen molar-refractivity contribution in [2.45, 2.75) is 31.8 Å². The third-order valence-corrected chi connectivity index (χ3v) is 4.43. The molecule has 1 unspecified atom stereocenters. The summed E-state index contributed by atoms with van der Waals surface area (Å²) in [7, 11) is 0. The van der Waals surface area contributed by atoms with E-state index in [4.69, 9.17) is 16.3 Å². The molecule has 1 aromatic rings. The van der Waals surface area contributed by atoms with Gasteiger partial charge in [-0.15, -0.1) is 5.10 Å². The second kappa shape index (κ2) is 5.18. The zero-order valence-corrected chi connectivity index (χ0v) is 11.2. The van der Waals surface area contributed by atoms with Crippen molar-refractivity contribution < 1.29 is 4.74 Å². The molecule has 3 rings (SSSR count). The number of nitrogens with zero attached hydrogens (tertiary/aromatic N) is 3. The summed E-state index contributed by atoms with van der Waals surface area (Å²) >= 11 is 7.34. The molecule has 2 heterocycles. The maximum Gasteiger partial charge on any atom is 0.138 e. The molecule has 1 saturated heterocycles. The van der Waals surface area contributed by atoms with Gasteiger partial charge < -0.3 is 4.74 Å². The molecule has 0 amide bonds. The summed E-state index contributed by atoms with van der Waals surface area (Å²) in [6.07, 6.45) is 3.80. The molecule has 0 aromatic carbocycles. The fourth-order valence-corrected chi connectivity index (χ4v) is 2.94. The van der Waals surface area contributed by atoms with Gasteiger partial charge in [0, 0.05) is 37.3 Å². The molecule has 0 N–H and O–H groups in total. The number of aromatic nitrogens is 2. The van der Waals surface area contributed by atoms with Gasteiger partial charge in [-0.1, -0.05) is 16.1 Å². The standard InChI is InChI=1S/C11H16ClN3OS/c12-11-10(13-14-17-11)6-15(9-1-2-9)5-8-3-4-16-7-8/h8-9H,1-7H2. The summed E-state index contributed by atoms with van der Waals surface area (Å²) in [6.45, 7) is 3.78. The molecule has 1 saturated carbocycles. The summed E-state index contributed by atoms with van der Waals surface area (Å²) in [5.41, 5.74) is 0.933. The Kier molecular flexibility index (Phi) is 3.61. The first-order valence-electron chi connectivity index (χ1n) is 6.11. The molecule has 0 bridgehead atoms. The van der Waals surface area contributed by atoms with E-state index < -0.39 is 0 Å². The Morgan fingerprint density at radius 3 is 2.88 bits per heavy atom. The topological polar surface area (TPSA) is 38.2 Å². The van der Waals surface area contributed by atoms with Gasteiger partial charge in [-0.05, 0) is 25.2 Å². The molecule has 6 heteroatoms. The highest BCUT2D eigenvalue weighted by molar-refractivity contribution is 7.10. The lowest BCUT2D eigenvalue weighted by Crippen LogP contribution is -2.31. The Morgan fingerprint density at radius 1 is 1.41 bits per heavy atom. The van der Waals surface area contributed by atoms with Gasteiger partial charge in [-0.2, -0.15) is 0 Å². The average molecular weight is 274 g/mol. The van der Waals surface area contributed by atoms with Gasteiger partial charge in [0.1, 0.15) is 10.0 Å². The minimum Gasteiger partial charge on any atom is -0.381 e. The van der Waals surface area contributed by atoms with Crippen molar-refractivity contribution >= 4 is 23.1 Å². The Labute approximate surface area is 110 Å². The normalized spacial score (nSPS) is 24.7. The van der Waals surface area contributed by atoms with E-state index in [0.717, 1.165) is 42.4 Å². The van der Waals surface area contributed by atoms with Crippen LogP contribution in [0, 0.1) is 5.92 Å². The van der Waals surface area contributed by atoms with Gasteiger partial charge in [-0.25, -0.2) is 0 Å². The third kappa shape index (κ3) is 2.96. The molecular formula is C11H16ClN3OS. The Morgan fingerprint density at radius 2 is 2.29 bits per heavy atom. The van der Waals surface area contributed by atoms with E-state index in [-0.39, 0.29) is 0 Å². The highest BCUT2D eigenvalue weighted by Crippen LogP contribution is 2.31. The van der Waals surface area contributed by atoms with Crippen LogP contribution in [-0.2, 0) is 11.3 Å². The Balaban J connectivity index is 1.61. The summed E-state index contributed by atoms with van der Waals surface area (Å²) < 4.78 is 10.1. The second-order valence-electron chi connectivity index (χ2n) is 4.88. The van der Waals surface area contributed by atoms with E-state index in [1.165, 1.54) is 30.8 Å². The molecule has 1 aliphatic heterocycles. The van der Waals surface area contributed by atoms with E-state index in [1.54, 1.807) is 0 Å². The molecule has 0 spiro atoms. The first-order valence-corrected chi connectivity index (χ1v) is 7.26. The maximum atomic E-state index is 6.07. The lowest BCUT2D eigenvalue weighted by atomic mass is 10.1. The van der Waals surface area contributed by atoms with Gasteiger partial charge in [-0.3, -0.25) is 4.90 Å². The van der Waals surface area contributed by atoms with Crippen molar-refractivity contribution in [3.63, 3.8) is 0 Å². The van der Waals surface area contributed by atoms with Crippen LogP contribution >= 0.6 is 23.1 Å². The number of halogens is 1. The molecule has 1 aromatic heterocycles. The minimum atomic E-state index is 0.681. The fourth-order valence-electron chi connectivity index (χ4n) is 2.33. The summed E-state index contributed by atoms with van der Waals surface area (Å²) in [6, 6.07) is 0.730. The lowest BCUT2D eigenvalue weighted by Gasteiger charge is -2.23. The molecule has 94 valence electrons. The largest absolute Gasteiger partial charge is 0.381 e. The van der Waals surface area contributed by atoms with Crippen LogP contribution in [0.3, 0.4) is 0 Å². The van der Waals surface area contributed by atoms with Gasteiger partial charge in [0.15, 0.2) is 0 Å². The molecule has 17 heavy (non-hydrogen) atoms. The van der Waals surface area contributed by atoms with E-state index in [1.807, 2.05) is 0 Å². The third-order valence-electron chi connectivity index (χ3n) is 3.44. The quantitative estimate of drug-likeness (QED) is 0.824. The lowest BCUT2D eigenvalue weighted by molar-refractivity contribution is 0.161. The Bertz CT molecular complexity index is 377. The molecule has 2 aliphatic rings. The highest BCUT2D eigenvalue weighted by Gasteiger charge is 2.32. The van der Waals surface area contributed by atoms with Crippen molar-refractivity contribution in [3.05, 3.63) is 10.0 Å². The summed E-state index contributed by atoms with van der Waals surface area (Å²) in [5.74, 6) is 0.681. The fraction of sp³-hybridized carbons (Fsp3) is 0.818. The van der Waals surface area contributed by atoms with Crippen LogP contribution in [-0.4, -0.2) is 40.3 Å². The number of hydrogen-bond donors (Lipinski definition) is 0. The van der Waals surface area contributed by atoms with Gasteiger partial charge in [0.25, 0.3) is 0 Å². The summed E-state index contributed by atoms with van der Waals surface area (Å²) in [4.78, 5) is 2.50. The predicted molar refractivity (Wildman–Crippen MR) is 67.3 cm³/mol. The maximum absolute atomic E-state index is 6.07. The first kappa shape index (κ1) is 11.8. The van der Waals surface area contributed by atoms with Crippen LogP contribution in [0.1, 0.15) is 25.0 Å². The van der Waals surface area contributed by atoms with Crippen LogP contribution in [0.5, 0.6) is 0 Å². The van der Waals surface area contributed by atoms with E-state index in [2.05, 4.69) is 14.5 Å². The van der Waals surface area contributed by atoms with E-state index in [9.17, 15) is 0 Å². The summed E-state index contributed by atoms with van der Waals surface area (Å²) in [5, 5.41) is 4.10. The smallest absolute Gasteiger partial charge is 0.138 e. The molecule has 4 nitrogen and oxygen atoms in total. The van der Waals surface area contributed by atoms with Crippen LogP contribution in [0.2, 0.25) is 4.34 Å². The van der Waals surface area contributed by atoms with E-state index >= 15 is 0 Å². The van der Waals surface area contributed by atoms with Gasteiger partial charge in [0.05, 0.1) is 6.61 Å². The zero-order valence-electron chi connectivity index (χ0n) is 9.64. The highest BCUT2D eigenvalue weighted by atomic mass is 35.5. The Hall–Kier alpha value is -0.230. The predicted octanol–water partition coefficient (Wildman–Crippen LogP) is 2.19. The zero-order chi connectivity index (χ0) is 11.7. The molecular weight excluding hydrogens is 258 g/mol. The van der Waals surface area contributed by atoms with Crippen molar-refractivity contribution in [2.24, 2.45) is 5.92 Å². The minimum absolute atomic E-state index is 0.681. The van der Waals surface area contributed by atoms with Gasteiger partial charge in [0.2, 0.25) is 0 Å². The first-order chi connectivity index (χ1) is 8.33. The van der Waals surface area contributed by atoms with Crippen LogP contribution < -0.4 is 0 Å².